The molecule has 1 fully saturated rings. The molecule has 2 aromatic heterocycles. The van der Waals surface area contributed by atoms with E-state index >= 15 is 0 Å². The Morgan fingerprint density at radius 2 is 2.08 bits per heavy atom. The molecule has 0 saturated carbocycles. The highest BCUT2D eigenvalue weighted by atomic mass is 32.1. The molecule has 0 spiro atoms. The molecule has 0 bridgehead atoms. The standard InChI is InChI=1S/C18H18N4OS2/c19-18(23)17-8-7-16(25-17)15-2-1-9-22(15)10-12-3-5-13(6-4-12)14-11-24-21-20-14/h3-8,11,15H,1-2,9-10H2,(H2,19,23)/t15-/m1/s1. The van der Waals surface area contributed by atoms with Crippen LogP contribution in [0, 0.1) is 0 Å². The van der Waals surface area contributed by atoms with E-state index in [1.807, 2.05) is 17.5 Å². The molecule has 1 aromatic carbocycles. The van der Waals surface area contributed by atoms with Crippen molar-refractivity contribution >= 4 is 28.8 Å². The summed E-state index contributed by atoms with van der Waals surface area (Å²) in [6, 6.07) is 12.8. The number of nitrogens with zero attached hydrogens (tertiary/aromatic N) is 3. The number of hydrogen-bond donors (Lipinski definition) is 1. The Labute approximate surface area is 154 Å². The van der Waals surface area contributed by atoms with Crippen LogP contribution in [0.2, 0.25) is 0 Å². The molecule has 5 nitrogen and oxygen atoms in total. The number of hydrogen-bond acceptors (Lipinski definition) is 6. The summed E-state index contributed by atoms with van der Waals surface area (Å²) in [7, 11) is 0. The summed E-state index contributed by atoms with van der Waals surface area (Å²) < 4.78 is 3.91. The van der Waals surface area contributed by atoms with Gasteiger partial charge in [0.15, 0.2) is 0 Å². The lowest BCUT2D eigenvalue weighted by Crippen LogP contribution is -2.22. The molecule has 1 amide bonds. The van der Waals surface area contributed by atoms with Crippen LogP contribution < -0.4 is 5.73 Å². The molecule has 1 atom stereocenters. The fourth-order valence-corrected chi connectivity index (χ4v) is 4.80. The van der Waals surface area contributed by atoms with Crippen LogP contribution in [-0.2, 0) is 6.54 Å². The summed E-state index contributed by atoms with van der Waals surface area (Å²) in [5, 5.41) is 6.07. The van der Waals surface area contributed by atoms with Gasteiger partial charge >= 0.3 is 0 Å². The number of aromatic nitrogens is 2. The first-order chi connectivity index (χ1) is 12.2. The number of amides is 1. The first-order valence-electron chi connectivity index (χ1n) is 8.20. The Morgan fingerprint density at radius 1 is 1.24 bits per heavy atom. The number of benzene rings is 1. The molecule has 4 rings (SSSR count). The first kappa shape index (κ1) is 16.4. The second kappa shape index (κ2) is 7.03. The van der Waals surface area contributed by atoms with Gasteiger partial charge in [0.2, 0.25) is 0 Å². The maximum absolute atomic E-state index is 11.3. The molecule has 2 N–H and O–H groups in total. The van der Waals surface area contributed by atoms with E-state index in [9.17, 15) is 4.79 Å². The maximum Gasteiger partial charge on any atom is 0.258 e. The minimum absolute atomic E-state index is 0.340. The molecule has 128 valence electrons. The van der Waals surface area contributed by atoms with Crippen LogP contribution in [0.4, 0.5) is 0 Å². The summed E-state index contributed by atoms with van der Waals surface area (Å²) in [6.45, 7) is 1.98. The highest BCUT2D eigenvalue weighted by Gasteiger charge is 2.27. The lowest BCUT2D eigenvalue weighted by molar-refractivity contribution is 0.100. The second-order valence-corrected chi connectivity index (χ2v) is 7.91. The topological polar surface area (TPSA) is 72.1 Å². The highest BCUT2D eigenvalue weighted by molar-refractivity contribution is 7.14. The number of nitrogens with two attached hydrogens (primary N) is 1. The number of carbonyl (C=O) groups excluding carboxylic acids is 1. The Morgan fingerprint density at radius 3 is 2.76 bits per heavy atom. The molecular formula is C18H18N4OS2. The van der Waals surface area contributed by atoms with E-state index in [1.165, 1.54) is 39.7 Å². The van der Waals surface area contributed by atoms with Crippen LogP contribution in [0.25, 0.3) is 11.3 Å². The van der Waals surface area contributed by atoms with Crippen molar-refractivity contribution in [3.05, 3.63) is 57.1 Å². The number of likely N-dealkylation sites (tertiary alicyclic amines) is 1. The van der Waals surface area contributed by atoms with Crippen LogP contribution in [0.1, 0.15) is 39.0 Å². The van der Waals surface area contributed by atoms with Gasteiger partial charge in [-0.15, -0.1) is 16.4 Å². The molecule has 25 heavy (non-hydrogen) atoms. The van der Waals surface area contributed by atoms with E-state index in [-0.39, 0.29) is 5.91 Å². The van der Waals surface area contributed by atoms with Crippen molar-refractivity contribution in [3.8, 4) is 11.3 Å². The normalized spacial score (nSPS) is 17.8. The molecule has 3 heterocycles. The Hall–Kier alpha value is -2.09. The zero-order valence-electron chi connectivity index (χ0n) is 13.6. The third-order valence-electron chi connectivity index (χ3n) is 4.56. The fraction of sp³-hybridized carbons (Fsp3) is 0.278. The molecule has 0 unspecified atom stereocenters. The first-order valence-corrected chi connectivity index (χ1v) is 9.86. The van der Waals surface area contributed by atoms with Gasteiger partial charge in [-0.1, -0.05) is 28.8 Å². The van der Waals surface area contributed by atoms with Gasteiger partial charge in [-0.3, -0.25) is 9.69 Å². The zero-order chi connectivity index (χ0) is 17.2. The smallest absolute Gasteiger partial charge is 0.258 e. The largest absolute Gasteiger partial charge is 0.365 e. The molecule has 1 aliphatic heterocycles. The van der Waals surface area contributed by atoms with Crippen molar-refractivity contribution < 1.29 is 4.79 Å². The van der Waals surface area contributed by atoms with Gasteiger partial charge in [0.1, 0.15) is 5.69 Å². The number of carbonyl (C=O) groups is 1. The number of rotatable bonds is 5. The third kappa shape index (κ3) is 3.49. The van der Waals surface area contributed by atoms with Gasteiger partial charge in [0.05, 0.1) is 4.88 Å². The number of primary amides is 1. The van der Waals surface area contributed by atoms with Crippen LogP contribution >= 0.6 is 22.9 Å². The van der Waals surface area contributed by atoms with Gasteiger partial charge in [-0.25, -0.2) is 0 Å². The summed E-state index contributed by atoms with van der Waals surface area (Å²) >= 11 is 2.89. The lowest BCUT2D eigenvalue weighted by Gasteiger charge is -2.23. The van der Waals surface area contributed by atoms with Gasteiger partial charge in [0.25, 0.3) is 5.91 Å². The quantitative estimate of drug-likeness (QED) is 0.743. The monoisotopic (exact) mass is 370 g/mol. The predicted molar refractivity (Wildman–Crippen MR) is 101 cm³/mol. The van der Waals surface area contributed by atoms with Gasteiger partial charge in [0, 0.05) is 28.4 Å². The third-order valence-corrected chi connectivity index (χ3v) is 6.26. The second-order valence-electron chi connectivity index (χ2n) is 6.18. The van der Waals surface area contributed by atoms with Crippen LogP contribution in [0.3, 0.4) is 0 Å². The van der Waals surface area contributed by atoms with Crippen molar-refractivity contribution in [1.82, 2.24) is 14.5 Å². The van der Waals surface area contributed by atoms with Crippen molar-refractivity contribution in [2.75, 3.05) is 6.54 Å². The maximum atomic E-state index is 11.3. The molecule has 1 saturated heterocycles. The van der Waals surface area contributed by atoms with Crippen molar-refractivity contribution in [1.29, 1.82) is 0 Å². The van der Waals surface area contributed by atoms with E-state index in [1.54, 1.807) is 0 Å². The summed E-state index contributed by atoms with van der Waals surface area (Å²) in [5.41, 5.74) is 8.69. The van der Waals surface area contributed by atoms with Gasteiger partial charge < -0.3 is 5.73 Å². The van der Waals surface area contributed by atoms with Crippen LogP contribution in [-0.4, -0.2) is 26.9 Å². The fourth-order valence-electron chi connectivity index (χ4n) is 3.31. The van der Waals surface area contributed by atoms with E-state index in [2.05, 4.69) is 38.8 Å². The molecule has 3 aromatic rings. The van der Waals surface area contributed by atoms with Gasteiger partial charge in [-0.05, 0) is 48.6 Å². The average molecular weight is 371 g/mol. The molecule has 7 heteroatoms. The van der Waals surface area contributed by atoms with Crippen LogP contribution in [0.15, 0.2) is 41.8 Å². The van der Waals surface area contributed by atoms with Crippen molar-refractivity contribution in [2.45, 2.75) is 25.4 Å². The SMILES string of the molecule is NC(=O)c1ccc([C@H]2CCCN2Cc2ccc(-c3csnn3)cc2)s1. The Bertz CT molecular complexity index is 858. The van der Waals surface area contributed by atoms with Crippen molar-refractivity contribution in [3.63, 3.8) is 0 Å². The van der Waals surface area contributed by atoms with E-state index < -0.39 is 0 Å². The number of thiophene rings is 1. The van der Waals surface area contributed by atoms with E-state index in [0.717, 1.165) is 30.8 Å². The Balaban J connectivity index is 1.48. The summed E-state index contributed by atoms with van der Waals surface area (Å²) in [4.78, 5) is 15.7. The predicted octanol–water partition coefficient (Wildman–Crippen LogP) is 3.70. The molecule has 0 aliphatic carbocycles. The zero-order valence-corrected chi connectivity index (χ0v) is 15.2. The van der Waals surface area contributed by atoms with E-state index in [4.69, 9.17) is 5.73 Å². The Kier molecular flexibility index (Phi) is 4.61. The minimum atomic E-state index is -0.340. The summed E-state index contributed by atoms with van der Waals surface area (Å²) in [5.74, 6) is -0.340. The van der Waals surface area contributed by atoms with Crippen LogP contribution in [0.5, 0.6) is 0 Å². The van der Waals surface area contributed by atoms with Gasteiger partial charge in [-0.2, -0.15) is 0 Å². The van der Waals surface area contributed by atoms with Crippen molar-refractivity contribution in [2.24, 2.45) is 5.73 Å². The minimum Gasteiger partial charge on any atom is -0.365 e. The average Bonchev–Trinajstić information content (AvgIpc) is 3.36. The van der Waals surface area contributed by atoms with E-state index in [0.29, 0.717) is 10.9 Å². The molecular weight excluding hydrogens is 352 g/mol. The molecule has 1 aliphatic rings. The summed E-state index contributed by atoms with van der Waals surface area (Å²) in [6.07, 6.45) is 2.30. The highest BCUT2D eigenvalue weighted by Crippen LogP contribution is 2.36. The lowest BCUT2D eigenvalue weighted by atomic mass is 10.1. The molecule has 0 radical (unpaired) electrons.